The molecule has 1 aromatic carbocycles. The summed E-state index contributed by atoms with van der Waals surface area (Å²) in [5.74, 6) is 0.282. The van der Waals surface area contributed by atoms with E-state index in [1.54, 1.807) is 24.3 Å². The van der Waals surface area contributed by atoms with E-state index in [1.165, 1.54) is 0 Å². The van der Waals surface area contributed by atoms with Crippen molar-refractivity contribution in [2.45, 2.75) is 32.2 Å². The molecule has 0 unspecified atom stereocenters. The fourth-order valence-corrected chi connectivity index (χ4v) is 2.88. The average molecular weight is 271 g/mol. The van der Waals surface area contributed by atoms with Crippen LogP contribution in [0, 0.1) is 5.92 Å². The van der Waals surface area contributed by atoms with Gasteiger partial charge >= 0.3 is 0 Å². The number of H-pyrrole nitrogens is 1. The van der Waals surface area contributed by atoms with Gasteiger partial charge in [-0.1, -0.05) is 31.5 Å². The van der Waals surface area contributed by atoms with Crippen molar-refractivity contribution in [3.05, 3.63) is 40.3 Å². The monoisotopic (exact) mass is 271 g/mol. The number of aromatic amines is 1. The summed E-state index contributed by atoms with van der Waals surface area (Å²) in [5, 5.41) is 10.4. The van der Waals surface area contributed by atoms with Crippen LogP contribution in [0.15, 0.2) is 29.1 Å². The number of nitrogens with zero attached hydrogens (tertiary/aromatic N) is 1. The summed E-state index contributed by atoms with van der Waals surface area (Å²) in [4.78, 5) is 24.1. The maximum Gasteiger partial charge on any atom is 0.272 e. The second-order valence-corrected chi connectivity index (χ2v) is 5.44. The molecule has 20 heavy (non-hydrogen) atoms. The van der Waals surface area contributed by atoms with E-state index in [-0.39, 0.29) is 17.5 Å². The molecule has 2 atom stereocenters. The third-order valence-electron chi connectivity index (χ3n) is 4.09. The van der Waals surface area contributed by atoms with Crippen LogP contribution >= 0.6 is 0 Å². The van der Waals surface area contributed by atoms with Crippen LogP contribution < -0.4 is 10.9 Å². The Morgan fingerprint density at radius 2 is 2.05 bits per heavy atom. The summed E-state index contributed by atoms with van der Waals surface area (Å²) in [7, 11) is 0. The van der Waals surface area contributed by atoms with E-state index in [4.69, 9.17) is 0 Å². The van der Waals surface area contributed by atoms with Crippen molar-refractivity contribution in [1.82, 2.24) is 15.5 Å². The zero-order chi connectivity index (χ0) is 14.1. The predicted octanol–water partition coefficient (Wildman–Crippen LogP) is 1.84. The summed E-state index contributed by atoms with van der Waals surface area (Å²) in [6, 6.07) is 7.24. The van der Waals surface area contributed by atoms with Gasteiger partial charge in [0.2, 0.25) is 0 Å². The molecule has 2 N–H and O–H groups in total. The molecule has 0 radical (unpaired) electrons. The molecular weight excluding hydrogens is 254 g/mol. The Morgan fingerprint density at radius 1 is 1.30 bits per heavy atom. The highest BCUT2D eigenvalue weighted by molar-refractivity contribution is 6.04. The first kappa shape index (κ1) is 12.8. The molecular formula is C15H17N3O2. The van der Waals surface area contributed by atoms with Gasteiger partial charge in [0, 0.05) is 11.4 Å². The molecule has 1 aliphatic carbocycles. The van der Waals surface area contributed by atoms with Gasteiger partial charge in [0.15, 0.2) is 5.69 Å². The van der Waals surface area contributed by atoms with E-state index in [0.717, 1.165) is 19.3 Å². The minimum atomic E-state index is -0.272. The van der Waals surface area contributed by atoms with Crippen LogP contribution in [0.2, 0.25) is 0 Å². The highest BCUT2D eigenvalue weighted by atomic mass is 16.2. The van der Waals surface area contributed by atoms with Crippen molar-refractivity contribution in [3.8, 4) is 0 Å². The molecule has 0 bridgehead atoms. The van der Waals surface area contributed by atoms with E-state index in [1.807, 2.05) is 0 Å². The number of carbonyl (C=O) groups is 1. The minimum absolute atomic E-state index is 0.204. The summed E-state index contributed by atoms with van der Waals surface area (Å²) in [6.45, 7) is 2.15. The Balaban J connectivity index is 1.96. The van der Waals surface area contributed by atoms with E-state index in [9.17, 15) is 9.59 Å². The fraction of sp³-hybridized carbons (Fsp3) is 0.400. The molecule has 1 fully saturated rings. The van der Waals surface area contributed by atoms with Gasteiger partial charge in [0.25, 0.3) is 11.5 Å². The lowest BCUT2D eigenvalue weighted by atomic mass is 10.1. The molecule has 0 saturated heterocycles. The molecule has 3 rings (SSSR count). The molecule has 104 valence electrons. The summed E-state index contributed by atoms with van der Waals surface area (Å²) < 4.78 is 0. The van der Waals surface area contributed by atoms with Crippen LogP contribution in [0.25, 0.3) is 10.8 Å². The Labute approximate surface area is 116 Å². The molecule has 5 heteroatoms. The topological polar surface area (TPSA) is 74.8 Å². The van der Waals surface area contributed by atoms with Gasteiger partial charge in [-0.15, -0.1) is 0 Å². The average Bonchev–Trinajstić information content (AvgIpc) is 2.85. The highest BCUT2D eigenvalue weighted by Crippen LogP contribution is 2.25. The summed E-state index contributed by atoms with van der Waals surface area (Å²) >= 11 is 0. The van der Waals surface area contributed by atoms with Crippen molar-refractivity contribution in [3.63, 3.8) is 0 Å². The first-order valence-electron chi connectivity index (χ1n) is 6.95. The third kappa shape index (κ3) is 2.19. The third-order valence-corrected chi connectivity index (χ3v) is 4.09. The number of aromatic nitrogens is 2. The number of hydrogen-bond acceptors (Lipinski definition) is 3. The Morgan fingerprint density at radius 3 is 2.75 bits per heavy atom. The van der Waals surface area contributed by atoms with Crippen molar-refractivity contribution in [1.29, 1.82) is 0 Å². The lowest BCUT2D eigenvalue weighted by Crippen LogP contribution is -2.37. The van der Waals surface area contributed by atoms with Gasteiger partial charge in [0.1, 0.15) is 0 Å². The molecule has 5 nitrogen and oxygen atoms in total. The summed E-state index contributed by atoms with van der Waals surface area (Å²) in [5.41, 5.74) is 0.0192. The van der Waals surface area contributed by atoms with Crippen molar-refractivity contribution in [2.75, 3.05) is 0 Å². The fourth-order valence-electron chi connectivity index (χ4n) is 2.88. The Bertz CT molecular complexity index is 708. The van der Waals surface area contributed by atoms with E-state index < -0.39 is 0 Å². The number of amides is 1. The number of rotatable bonds is 2. The zero-order valence-electron chi connectivity index (χ0n) is 11.3. The van der Waals surface area contributed by atoms with Crippen LogP contribution in [0.5, 0.6) is 0 Å². The number of fused-ring (bicyclic) bond motifs is 1. The number of benzene rings is 1. The molecule has 2 aromatic rings. The van der Waals surface area contributed by atoms with Crippen LogP contribution in [0.3, 0.4) is 0 Å². The highest BCUT2D eigenvalue weighted by Gasteiger charge is 2.26. The Kier molecular flexibility index (Phi) is 3.26. The SMILES string of the molecule is C[C@@H]1CCC[C@@H]1NC(=O)c1n[nH]c(=O)c2ccccc12. The lowest BCUT2D eigenvalue weighted by molar-refractivity contribution is 0.0925. The smallest absolute Gasteiger partial charge is 0.272 e. The van der Waals surface area contributed by atoms with Crippen molar-refractivity contribution in [2.24, 2.45) is 5.92 Å². The second-order valence-electron chi connectivity index (χ2n) is 5.44. The van der Waals surface area contributed by atoms with Gasteiger partial charge in [-0.2, -0.15) is 5.10 Å². The van der Waals surface area contributed by atoms with E-state index in [2.05, 4.69) is 22.4 Å². The van der Waals surface area contributed by atoms with E-state index >= 15 is 0 Å². The molecule has 1 amide bonds. The predicted molar refractivity (Wildman–Crippen MR) is 76.6 cm³/mol. The quantitative estimate of drug-likeness (QED) is 0.875. The first-order valence-corrected chi connectivity index (χ1v) is 6.95. The van der Waals surface area contributed by atoms with Crippen molar-refractivity contribution < 1.29 is 4.79 Å². The molecule has 0 aliphatic heterocycles. The van der Waals surface area contributed by atoms with Gasteiger partial charge in [-0.3, -0.25) is 9.59 Å². The molecule has 0 spiro atoms. The zero-order valence-corrected chi connectivity index (χ0v) is 11.3. The number of hydrogen-bond donors (Lipinski definition) is 2. The van der Waals surface area contributed by atoms with Crippen LogP contribution in [-0.2, 0) is 0 Å². The van der Waals surface area contributed by atoms with Gasteiger partial charge in [0.05, 0.1) is 5.39 Å². The Hall–Kier alpha value is -2.17. The van der Waals surface area contributed by atoms with E-state index in [0.29, 0.717) is 22.4 Å². The van der Waals surface area contributed by atoms with Crippen LogP contribution in [-0.4, -0.2) is 22.1 Å². The van der Waals surface area contributed by atoms with Crippen molar-refractivity contribution >= 4 is 16.7 Å². The lowest BCUT2D eigenvalue weighted by Gasteiger charge is -2.17. The van der Waals surface area contributed by atoms with Gasteiger partial charge in [-0.25, -0.2) is 5.10 Å². The summed E-state index contributed by atoms with van der Waals surface area (Å²) in [6.07, 6.45) is 3.30. The standard InChI is InChI=1S/C15H17N3O2/c1-9-5-4-8-12(9)16-15(20)13-10-6-2-3-7-11(10)14(19)18-17-13/h2-3,6-7,9,12H,4-5,8H2,1H3,(H,16,20)(H,18,19)/t9-,12+/m1/s1. The largest absolute Gasteiger partial charge is 0.348 e. The molecule has 1 saturated carbocycles. The van der Waals surface area contributed by atoms with Crippen LogP contribution in [0.4, 0.5) is 0 Å². The molecule has 1 heterocycles. The maximum atomic E-state index is 12.4. The first-order chi connectivity index (χ1) is 9.66. The second kappa shape index (κ2) is 5.07. The van der Waals surface area contributed by atoms with Crippen LogP contribution in [0.1, 0.15) is 36.7 Å². The number of nitrogens with one attached hydrogen (secondary N) is 2. The maximum absolute atomic E-state index is 12.4. The molecule has 1 aromatic heterocycles. The normalized spacial score (nSPS) is 22.1. The van der Waals surface area contributed by atoms with Gasteiger partial charge in [-0.05, 0) is 24.8 Å². The van der Waals surface area contributed by atoms with Gasteiger partial charge < -0.3 is 5.32 Å². The molecule has 1 aliphatic rings. The minimum Gasteiger partial charge on any atom is -0.348 e. The number of carbonyl (C=O) groups excluding carboxylic acids is 1.